The summed E-state index contributed by atoms with van der Waals surface area (Å²) in [5, 5.41) is -0.219. The van der Waals surface area contributed by atoms with Gasteiger partial charge >= 0.3 is 0 Å². The minimum atomic E-state index is -3.97. The van der Waals surface area contributed by atoms with E-state index >= 15 is 0 Å². The molecule has 0 fully saturated rings. The summed E-state index contributed by atoms with van der Waals surface area (Å²) in [5.74, 6) is 0.447. The molecule has 3 aromatic rings. The predicted octanol–water partition coefficient (Wildman–Crippen LogP) is 3.78. The van der Waals surface area contributed by atoms with Gasteiger partial charge in [0, 0.05) is 19.7 Å². The summed E-state index contributed by atoms with van der Waals surface area (Å²) in [6.07, 6.45) is 0. The van der Waals surface area contributed by atoms with Gasteiger partial charge in [-0.25, -0.2) is 12.8 Å². The van der Waals surface area contributed by atoms with Crippen molar-refractivity contribution in [3.63, 3.8) is 0 Å². The summed E-state index contributed by atoms with van der Waals surface area (Å²) in [5.41, 5.74) is 0.613. The largest absolute Gasteiger partial charge is 0.494 e. The van der Waals surface area contributed by atoms with Crippen molar-refractivity contribution in [1.29, 1.82) is 0 Å². The first-order valence-corrected chi connectivity index (χ1v) is 9.73. The van der Waals surface area contributed by atoms with E-state index in [1.807, 2.05) is 6.92 Å². The minimum Gasteiger partial charge on any atom is -0.494 e. The number of nitrogens with zero attached hydrogens (tertiary/aromatic N) is 2. The molecule has 2 aromatic carbocycles. The van der Waals surface area contributed by atoms with Crippen molar-refractivity contribution in [2.45, 2.75) is 16.8 Å². The van der Waals surface area contributed by atoms with Crippen LogP contribution in [0.15, 0.2) is 62.9 Å². The number of hydrogen-bond acceptors (Lipinski definition) is 6. The highest BCUT2D eigenvalue weighted by Gasteiger charge is 2.29. The standard InChI is InChI=1S/C19H19FN2O4S/c1-4-25-15-9-5-13(6-10-15)17-21-18(19(26-17)22(2)3)27(23,24)16-11-7-14(20)8-12-16/h5-12H,4H2,1-3H3. The molecule has 0 amide bonds. The first kappa shape index (κ1) is 18.9. The first-order chi connectivity index (χ1) is 12.8. The Bertz CT molecular complexity index is 1030. The third-order valence-corrected chi connectivity index (χ3v) is 5.44. The molecular formula is C19H19FN2O4S. The molecule has 0 radical (unpaired) electrons. The Balaban J connectivity index is 2.07. The zero-order valence-corrected chi connectivity index (χ0v) is 16.0. The number of halogens is 1. The zero-order chi connectivity index (χ0) is 19.6. The van der Waals surface area contributed by atoms with Crippen LogP contribution < -0.4 is 9.64 Å². The van der Waals surface area contributed by atoms with Crippen LogP contribution >= 0.6 is 0 Å². The Kier molecular flexibility index (Phi) is 5.18. The van der Waals surface area contributed by atoms with Crippen LogP contribution in [-0.4, -0.2) is 34.1 Å². The van der Waals surface area contributed by atoms with Crippen molar-refractivity contribution in [2.24, 2.45) is 0 Å². The van der Waals surface area contributed by atoms with E-state index in [0.717, 1.165) is 12.1 Å². The van der Waals surface area contributed by atoms with Gasteiger partial charge < -0.3 is 14.1 Å². The van der Waals surface area contributed by atoms with Crippen LogP contribution in [0.2, 0.25) is 0 Å². The van der Waals surface area contributed by atoms with Crippen LogP contribution in [0.5, 0.6) is 5.75 Å². The fourth-order valence-corrected chi connectivity index (χ4v) is 3.84. The molecule has 0 aliphatic heterocycles. The van der Waals surface area contributed by atoms with E-state index in [0.29, 0.717) is 17.9 Å². The summed E-state index contributed by atoms with van der Waals surface area (Å²) < 4.78 is 50.2. The fraction of sp³-hybridized carbons (Fsp3) is 0.211. The van der Waals surface area contributed by atoms with E-state index in [2.05, 4.69) is 4.98 Å². The number of hydrogen-bond donors (Lipinski definition) is 0. The summed E-state index contributed by atoms with van der Waals surface area (Å²) in [7, 11) is -0.655. The molecule has 0 aliphatic carbocycles. The maximum absolute atomic E-state index is 13.2. The third kappa shape index (κ3) is 3.80. The van der Waals surface area contributed by atoms with E-state index in [9.17, 15) is 12.8 Å². The van der Waals surface area contributed by atoms with E-state index in [-0.39, 0.29) is 21.7 Å². The highest BCUT2D eigenvalue weighted by molar-refractivity contribution is 7.91. The molecule has 3 rings (SSSR count). The second-order valence-corrected chi connectivity index (χ2v) is 7.80. The summed E-state index contributed by atoms with van der Waals surface area (Å²) in [4.78, 5) is 5.69. The molecule has 142 valence electrons. The molecule has 0 bridgehead atoms. The maximum atomic E-state index is 13.2. The molecule has 0 unspecified atom stereocenters. The number of ether oxygens (including phenoxy) is 1. The van der Waals surface area contributed by atoms with Gasteiger partial charge in [-0.3, -0.25) is 0 Å². The molecule has 0 atom stereocenters. The third-order valence-electron chi connectivity index (χ3n) is 3.78. The van der Waals surface area contributed by atoms with Crippen molar-refractivity contribution in [3.05, 3.63) is 54.3 Å². The number of rotatable bonds is 6. The monoisotopic (exact) mass is 390 g/mol. The molecule has 27 heavy (non-hydrogen) atoms. The van der Waals surface area contributed by atoms with Crippen molar-refractivity contribution in [3.8, 4) is 17.2 Å². The lowest BCUT2D eigenvalue weighted by Crippen LogP contribution is -2.13. The van der Waals surface area contributed by atoms with Gasteiger partial charge in [0.2, 0.25) is 26.6 Å². The van der Waals surface area contributed by atoms with E-state index in [1.54, 1.807) is 38.4 Å². The Morgan fingerprint density at radius 2 is 1.70 bits per heavy atom. The van der Waals surface area contributed by atoms with E-state index < -0.39 is 15.7 Å². The second-order valence-electron chi connectivity index (χ2n) is 5.94. The summed E-state index contributed by atoms with van der Waals surface area (Å²) >= 11 is 0. The SMILES string of the molecule is CCOc1ccc(-c2nc(S(=O)(=O)c3ccc(F)cc3)c(N(C)C)o2)cc1. The van der Waals surface area contributed by atoms with Gasteiger partial charge in [0.25, 0.3) is 0 Å². The molecule has 1 heterocycles. The van der Waals surface area contributed by atoms with Crippen molar-refractivity contribution < 1.29 is 22.0 Å². The van der Waals surface area contributed by atoms with Gasteiger partial charge in [0.15, 0.2) is 0 Å². The van der Waals surface area contributed by atoms with Crippen LogP contribution in [-0.2, 0) is 9.84 Å². The quantitative estimate of drug-likeness (QED) is 0.597. The van der Waals surface area contributed by atoms with Crippen LogP contribution in [0.3, 0.4) is 0 Å². The predicted molar refractivity (Wildman–Crippen MR) is 99.3 cm³/mol. The van der Waals surface area contributed by atoms with Gasteiger partial charge in [-0.05, 0) is 55.5 Å². The Hall–Kier alpha value is -2.87. The molecule has 8 heteroatoms. The Morgan fingerprint density at radius 3 is 2.26 bits per heavy atom. The van der Waals surface area contributed by atoms with Crippen molar-refractivity contribution in [2.75, 3.05) is 25.6 Å². The molecule has 0 spiro atoms. The lowest BCUT2D eigenvalue weighted by atomic mass is 10.2. The maximum Gasteiger partial charge on any atom is 0.235 e. The molecule has 6 nitrogen and oxygen atoms in total. The Labute approximate surface area is 157 Å². The summed E-state index contributed by atoms with van der Waals surface area (Å²) in [6.45, 7) is 2.43. The van der Waals surface area contributed by atoms with Gasteiger partial charge in [-0.1, -0.05) is 0 Å². The van der Waals surface area contributed by atoms with Gasteiger partial charge in [-0.2, -0.15) is 4.98 Å². The Morgan fingerprint density at radius 1 is 1.07 bits per heavy atom. The lowest BCUT2D eigenvalue weighted by Gasteiger charge is -2.10. The van der Waals surface area contributed by atoms with E-state index in [1.165, 1.54) is 17.0 Å². The number of benzene rings is 2. The summed E-state index contributed by atoms with van der Waals surface area (Å²) in [6, 6.07) is 11.6. The first-order valence-electron chi connectivity index (χ1n) is 8.25. The molecular weight excluding hydrogens is 371 g/mol. The van der Waals surface area contributed by atoms with Crippen LogP contribution in [0, 0.1) is 5.82 Å². The average Bonchev–Trinajstić information content (AvgIpc) is 3.10. The molecule has 0 saturated carbocycles. The number of anilines is 1. The number of aromatic nitrogens is 1. The van der Waals surface area contributed by atoms with Crippen LogP contribution in [0.1, 0.15) is 6.92 Å². The second kappa shape index (κ2) is 7.40. The average molecular weight is 390 g/mol. The van der Waals surface area contributed by atoms with E-state index in [4.69, 9.17) is 9.15 Å². The lowest BCUT2D eigenvalue weighted by molar-refractivity contribution is 0.340. The minimum absolute atomic E-state index is 0.0569. The normalized spacial score (nSPS) is 11.4. The molecule has 0 aliphatic rings. The van der Waals surface area contributed by atoms with Crippen molar-refractivity contribution >= 4 is 15.7 Å². The molecule has 0 N–H and O–H groups in total. The van der Waals surface area contributed by atoms with Crippen molar-refractivity contribution in [1.82, 2.24) is 4.98 Å². The van der Waals surface area contributed by atoms with Crippen LogP contribution in [0.4, 0.5) is 10.3 Å². The van der Waals surface area contributed by atoms with Gasteiger partial charge in [0.1, 0.15) is 11.6 Å². The zero-order valence-electron chi connectivity index (χ0n) is 15.1. The highest BCUT2D eigenvalue weighted by Crippen LogP contribution is 2.34. The highest BCUT2D eigenvalue weighted by atomic mass is 32.2. The van der Waals surface area contributed by atoms with Gasteiger partial charge in [0.05, 0.1) is 11.5 Å². The van der Waals surface area contributed by atoms with Crippen LogP contribution in [0.25, 0.3) is 11.5 Å². The molecule has 0 saturated heterocycles. The smallest absolute Gasteiger partial charge is 0.235 e. The van der Waals surface area contributed by atoms with Gasteiger partial charge in [-0.15, -0.1) is 0 Å². The topological polar surface area (TPSA) is 72.6 Å². The number of sulfone groups is 1. The molecule has 1 aromatic heterocycles. The number of oxazole rings is 1. The fourth-order valence-electron chi connectivity index (χ4n) is 2.46.